The first kappa shape index (κ1) is 22.9. The summed E-state index contributed by atoms with van der Waals surface area (Å²) in [7, 11) is 0. The number of carbonyl (C=O) groups excluding carboxylic acids is 2. The van der Waals surface area contributed by atoms with Crippen LogP contribution in [0.5, 0.6) is 0 Å². The summed E-state index contributed by atoms with van der Waals surface area (Å²) in [5.74, 6) is -0.189. The van der Waals surface area contributed by atoms with Crippen molar-refractivity contribution in [2.45, 2.75) is 52.4 Å². The summed E-state index contributed by atoms with van der Waals surface area (Å²) in [5.41, 5.74) is 4.66. The third kappa shape index (κ3) is 3.34. The Labute approximate surface area is 205 Å². The van der Waals surface area contributed by atoms with Crippen LogP contribution in [0.25, 0.3) is 5.57 Å². The van der Waals surface area contributed by atoms with E-state index in [2.05, 4.69) is 12.3 Å². The number of hydrogen-bond donors (Lipinski definition) is 1. The zero-order valence-corrected chi connectivity index (χ0v) is 20.9. The van der Waals surface area contributed by atoms with Crippen molar-refractivity contribution in [1.29, 1.82) is 0 Å². The normalized spacial score (nSPS) is 22.5. The Morgan fingerprint density at radius 3 is 2.56 bits per heavy atom. The minimum atomic E-state index is -0.443. The number of benzene rings is 1. The molecule has 9 nitrogen and oxygen atoms in total. The summed E-state index contributed by atoms with van der Waals surface area (Å²) in [6.45, 7) is 7.52. The number of hydrogen-bond acceptors (Lipinski definition) is 6. The molecule has 3 aliphatic rings. The number of aromatic nitrogens is 1. The van der Waals surface area contributed by atoms with Crippen LogP contribution < -0.4 is 25.2 Å². The molecule has 3 aliphatic heterocycles. The molecule has 4 heterocycles. The average Bonchev–Trinajstić information content (AvgIpc) is 3.38. The number of likely N-dealkylation sites (N-methyl/N-ethyl adjacent to an activating group) is 2. The van der Waals surface area contributed by atoms with Crippen LogP contribution in [0.2, 0.25) is 5.02 Å². The molecule has 1 aromatic carbocycles. The van der Waals surface area contributed by atoms with Crippen LogP contribution in [0, 0.1) is 0 Å². The number of rotatable bonds is 6. The van der Waals surface area contributed by atoms with Crippen molar-refractivity contribution in [2.75, 3.05) is 30.0 Å². The number of nitrogens with one attached hydrogen (secondary N) is 1. The Balaban J connectivity index is 1.67. The van der Waals surface area contributed by atoms with Gasteiger partial charge in [0.15, 0.2) is 12.3 Å². The van der Waals surface area contributed by atoms with Crippen molar-refractivity contribution >= 4 is 46.1 Å². The lowest BCUT2D eigenvalue weighted by molar-refractivity contribution is -0.113. The van der Waals surface area contributed by atoms with Crippen molar-refractivity contribution in [2.24, 2.45) is 4.99 Å². The summed E-state index contributed by atoms with van der Waals surface area (Å²) < 4.78 is 1.70. The molecule has 1 saturated heterocycles. The lowest BCUT2D eigenvalue weighted by atomic mass is 10.1. The van der Waals surface area contributed by atoms with E-state index in [1.165, 1.54) is 16.0 Å². The molecule has 2 atom stereocenters. The van der Waals surface area contributed by atoms with Crippen LogP contribution in [-0.4, -0.2) is 58.4 Å². The maximum atomic E-state index is 13.6. The van der Waals surface area contributed by atoms with Gasteiger partial charge in [-0.1, -0.05) is 42.7 Å². The molecule has 180 valence electrons. The Hall–Kier alpha value is -2.85. The van der Waals surface area contributed by atoms with Gasteiger partial charge in [-0.05, 0) is 38.5 Å². The van der Waals surface area contributed by atoms with Gasteiger partial charge in [-0.15, -0.1) is 0 Å². The number of carbonyl (C=O) groups is 2. The number of urea groups is 1. The minimum absolute atomic E-state index is 0.105. The molecular formula is C23H27ClN6O3S. The summed E-state index contributed by atoms with van der Waals surface area (Å²) in [4.78, 5) is 50.1. The van der Waals surface area contributed by atoms with Crippen molar-refractivity contribution in [3.8, 4) is 0 Å². The predicted molar refractivity (Wildman–Crippen MR) is 132 cm³/mol. The fourth-order valence-corrected chi connectivity index (χ4v) is 6.11. The lowest BCUT2D eigenvalue weighted by Crippen LogP contribution is -2.55. The predicted octanol–water partition coefficient (Wildman–Crippen LogP) is 1.91. The number of anilines is 1. The van der Waals surface area contributed by atoms with Crippen molar-refractivity contribution in [3.63, 3.8) is 0 Å². The van der Waals surface area contributed by atoms with Gasteiger partial charge >= 0.3 is 6.03 Å². The Morgan fingerprint density at radius 1 is 1.09 bits per heavy atom. The van der Waals surface area contributed by atoms with E-state index in [0.29, 0.717) is 45.1 Å². The maximum Gasteiger partial charge on any atom is 0.323 e. The number of halogens is 1. The summed E-state index contributed by atoms with van der Waals surface area (Å²) in [5, 5.41) is 0.508. The van der Waals surface area contributed by atoms with Crippen molar-refractivity contribution in [3.05, 3.63) is 48.5 Å². The van der Waals surface area contributed by atoms with Gasteiger partial charge in [0.25, 0.3) is 11.5 Å². The van der Waals surface area contributed by atoms with E-state index in [1.54, 1.807) is 26.8 Å². The van der Waals surface area contributed by atoms with E-state index in [4.69, 9.17) is 16.6 Å². The topological polar surface area (TPSA) is 90.2 Å². The quantitative estimate of drug-likeness (QED) is 0.611. The third-order valence-electron chi connectivity index (χ3n) is 6.59. The van der Waals surface area contributed by atoms with Crippen molar-refractivity contribution < 1.29 is 9.59 Å². The lowest BCUT2D eigenvalue weighted by Gasteiger charge is -2.28. The molecule has 1 fully saturated rings. The second-order valence-electron chi connectivity index (χ2n) is 8.53. The van der Waals surface area contributed by atoms with Gasteiger partial charge in [-0.3, -0.25) is 24.8 Å². The Bertz CT molecular complexity index is 1350. The molecule has 1 N–H and O–H groups in total. The minimum Gasteiger partial charge on any atom is -0.308 e. The second kappa shape index (κ2) is 8.74. The highest BCUT2D eigenvalue weighted by atomic mass is 35.5. The Kier molecular flexibility index (Phi) is 5.89. The fraction of sp³-hybridized carbons (Fsp3) is 0.478. The van der Waals surface area contributed by atoms with Gasteiger partial charge in [0.05, 0.1) is 11.3 Å². The molecule has 0 saturated carbocycles. The molecule has 3 amide bonds. The largest absolute Gasteiger partial charge is 0.323 e. The van der Waals surface area contributed by atoms with Crippen LogP contribution in [0.3, 0.4) is 0 Å². The molecular weight excluding hydrogens is 476 g/mol. The number of thiazole rings is 1. The molecule has 11 heteroatoms. The number of nitrogens with zero attached hydrogens (tertiary/aromatic N) is 5. The van der Waals surface area contributed by atoms with Crippen LogP contribution in [0.1, 0.15) is 45.6 Å². The van der Waals surface area contributed by atoms with E-state index in [9.17, 15) is 14.4 Å². The Morgan fingerprint density at radius 2 is 1.85 bits per heavy atom. The van der Waals surface area contributed by atoms with Crippen LogP contribution >= 0.6 is 22.9 Å². The molecule has 0 aliphatic carbocycles. The zero-order valence-electron chi connectivity index (χ0n) is 19.4. The van der Waals surface area contributed by atoms with Crippen molar-refractivity contribution in [1.82, 2.24) is 14.5 Å². The average molecular weight is 503 g/mol. The van der Waals surface area contributed by atoms with Gasteiger partial charge < -0.3 is 4.90 Å². The maximum absolute atomic E-state index is 13.6. The highest BCUT2D eigenvalue weighted by molar-refractivity contribution is 7.07. The highest BCUT2D eigenvalue weighted by Crippen LogP contribution is 2.37. The number of amides is 3. The number of fused-ring (bicyclic) bond motifs is 3. The van der Waals surface area contributed by atoms with Gasteiger partial charge in [-0.2, -0.15) is 4.68 Å². The van der Waals surface area contributed by atoms with E-state index in [-0.39, 0.29) is 17.5 Å². The first-order chi connectivity index (χ1) is 16.4. The van der Waals surface area contributed by atoms with Gasteiger partial charge in [0.2, 0.25) is 4.80 Å². The molecule has 34 heavy (non-hydrogen) atoms. The fourth-order valence-electron chi connectivity index (χ4n) is 4.89. The van der Waals surface area contributed by atoms with Crippen LogP contribution in [0.4, 0.5) is 10.5 Å². The first-order valence-corrected chi connectivity index (χ1v) is 12.9. The molecule has 0 bridgehead atoms. The molecule has 2 unspecified atom stereocenters. The van der Waals surface area contributed by atoms with E-state index in [1.807, 2.05) is 19.9 Å². The zero-order chi connectivity index (χ0) is 24.1. The highest BCUT2D eigenvalue weighted by Gasteiger charge is 2.47. The standard InChI is InChI=1S/C23H27ClN6O3S/c1-4-7-8-11-29-15-10-9-13(24)12-14(15)16(20(29)31)17-21(32)30-22(34-17)25-18-19(26-30)28(6-3)23(33)27(18)5-2/h9-10,12,18-19,26H,4-8,11H2,1-3H3/b17-16-. The third-order valence-corrected chi connectivity index (χ3v) is 7.87. The SMILES string of the molecule is CCCCCN1C(=O)/C(=c2\sc3n(c2=O)NC2C(N=3)N(CC)C(=O)N2CC)c2cc(Cl)ccc21. The summed E-state index contributed by atoms with van der Waals surface area (Å²) >= 11 is 7.46. The molecule has 1 aromatic heterocycles. The molecule has 0 spiro atoms. The van der Waals surface area contributed by atoms with E-state index >= 15 is 0 Å². The summed E-state index contributed by atoms with van der Waals surface area (Å²) in [6.07, 6.45) is 2.07. The smallest absolute Gasteiger partial charge is 0.308 e. The van der Waals surface area contributed by atoms with Gasteiger partial charge in [-0.25, -0.2) is 9.79 Å². The molecule has 2 aromatic rings. The monoisotopic (exact) mass is 502 g/mol. The van der Waals surface area contributed by atoms with Crippen LogP contribution in [0.15, 0.2) is 28.0 Å². The van der Waals surface area contributed by atoms with Gasteiger partial charge in [0.1, 0.15) is 4.53 Å². The second-order valence-corrected chi connectivity index (χ2v) is 9.94. The summed E-state index contributed by atoms with van der Waals surface area (Å²) in [6, 6.07) is 5.26. The first-order valence-electron chi connectivity index (χ1n) is 11.7. The van der Waals surface area contributed by atoms with E-state index in [0.717, 1.165) is 24.9 Å². The van der Waals surface area contributed by atoms with Gasteiger partial charge in [0, 0.05) is 30.2 Å². The van der Waals surface area contributed by atoms with Crippen LogP contribution in [-0.2, 0) is 4.79 Å². The van der Waals surface area contributed by atoms with E-state index < -0.39 is 12.3 Å². The molecule has 0 radical (unpaired) electrons. The number of unbranched alkanes of at least 4 members (excludes halogenated alkanes) is 2. The molecule has 5 rings (SSSR count).